The van der Waals surface area contributed by atoms with Gasteiger partial charge in [-0.1, -0.05) is 6.07 Å². The molecule has 1 aromatic rings. The Bertz CT molecular complexity index is 310. The fraction of sp³-hybridized carbons (Fsp3) is 0.333. The lowest BCUT2D eigenvalue weighted by Gasteiger charge is -2.08. The molecule has 0 aliphatic heterocycles. The molecule has 0 aliphatic carbocycles. The molecule has 0 saturated carbocycles. The van der Waals surface area contributed by atoms with E-state index in [0.29, 0.717) is 11.3 Å². The van der Waals surface area contributed by atoms with Crippen LogP contribution in [-0.4, -0.2) is 21.2 Å². The minimum Gasteiger partial charge on any atom is -0.481 e. The Balaban J connectivity index is 2.71. The highest BCUT2D eigenvalue weighted by molar-refractivity contribution is 5.67. The summed E-state index contributed by atoms with van der Waals surface area (Å²) in [5.41, 5.74) is 6.80. The third kappa shape index (κ3) is 2.79. The Hall–Kier alpha value is -1.46. The van der Waals surface area contributed by atoms with Gasteiger partial charge in [-0.05, 0) is 11.6 Å². The molecule has 0 bridgehead atoms. The molecule has 14 heavy (non-hydrogen) atoms. The van der Waals surface area contributed by atoms with E-state index in [1.165, 1.54) is 6.20 Å². The first-order valence-corrected chi connectivity index (χ1v) is 4.16. The summed E-state index contributed by atoms with van der Waals surface area (Å²) in [5.74, 6) is -0.941. The van der Waals surface area contributed by atoms with E-state index in [0.717, 1.165) is 0 Å². The molecule has 5 heteroatoms. The molecule has 1 heterocycles. The van der Waals surface area contributed by atoms with Gasteiger partial charge in [-0.15, -0.1) is 0 Å². The van der Waals surface area contributed by atoms with Crippen molar-refractivity contribution in [1.82, 2.24) is 4.98 Å². The van der Waals surface area contributed by atoms with Crippen LogP contribution in [0, 0.1) is 0 Å². The van der Waals surface area contributed by atoms with E-state index in [2.05, 4.69) is 4.98 Å². The number of aliphatic hydroxyl groups excluding tert-OH is 1. The van der Waals surface area contributed by atoms with Crippen molar-refractivity contribution in [2.75, 3.05) is 0 Å². The van der Waals surface area contributed by atoms with E-state index in [-0.39, 0.29) is 13.0 Å². The molecular formula is C9H12N2O3. The molecule has 1 aromatic heterocycles. The van der Waals surface area contributed by atoms with Gasteiger partial charge in [0.05, 0.1) is 18.7 Å². The van der Waals surface area contributed by atoms with Crippen molar-refractivity contribution in [3.05, 3.63) is 29.6 Å². The van der Waals surface area contributed by atoms with Crippen LogP contribution in [0.5, 0.6) is 0 Å². The number of aliphatic carboxylic acids is 1. The molecule has 1 atom stereocenters. The minimum absolute atomic E-state index is 0.125. The number of hydrogen-bond acceptors (Lipinski definition) is 4. The van der Waals surface area contributed by atoms with Gasteiger partial charge in [0.25, 0.3) is 0 Å². The molecule has 5 nitrogen and oxygen atoms in total. The van der Waals surface area contributed by atoms with Gasteiger partial charge in [0.15, 0.2) is 0 Å². The van der Waals surface area contributed by atoms with Crippen LogP contribution in [0.1, 0.15) is 23.7 Å². The lowest BCUT2D eigenvalue weighted by atomic mass is 10.1. The predicted molar refractivity (Wildman–Crippen MR) is 49.3 cm³/mol. The number of rotatable bonds is 4. The van der Waals surface area contributed by atoms with Crippen LogP contribution >= 0.6 is 0 Å². The van der Waals surface area contributed by atoms with Gasteiger partial charge in [0.2, 0.25) is 0 Å². The first-order chi connectivity index (χ1) is 6.63. The van der Waals surface area contributed by atoms with E-state index in [4.69, 9.17) is 15.9 Å². The minimum atomic E-state index is -0.941. The van der Waals surface area contributed by atoms with Crippen molar-refractivity contribution < 1.29 is 15.0 Å². The topological polar surface area (TPSA) is 96.4 Å². The molecule has 0 amide bonds. The highest BCUT2D eigenvalue weighted by atomic mass is 16.4. The second kappa shape index (κ2) is 4.69. The maximum absolute atomic E-state index is 10.4. The number of pyridine rings is 1. The van der Waals surface area contributed by atoms with E-state index >= 15 is 0 Å². The summed E-state index contributed by atoms with van der Waals surface area (Å²) in [4.78, 5) is 14.3. The van der Waals surface area contributed by atoms with Gasteiger partial charge in [-0.2, -0.15) is 0 Å². The van der Waals surface area contributed by atoms with Crippen molar-refractivity contribution in [2.24, 2.45) is 5.73 Å². The third-order valence-electron chi connectivity index (χ3n) is 1.83. The van der Waals surface area contributed by atoms with Gasteiger partial charge in [0.1, 0.15) is 0 Å². The zero-order valence-corrected chi connectivity index (χ0v) is 7.55. The van der Waals surface area contributed by atoms with E-state index in [1.54, 1.807) is 12.1 Å². The quantitative estimate of drug-likeness (QED) is 0.632. The summed E-state index contributed by atoms with van der Waals surface area (Å²) < 4.78 is 0. The zero-order chi connectivity index (χ0) is 10.6. The summed E-state index contributed by atoms with van der Waals surface area (Å²) in [6.45, 7) is -0.131. The molecule has 0 aromatic carbocycles. The van der Waals surface area contributed by atoms with Crippen LogP contribution in [0.15, 0.2) is 18.3 Å². The molecule has 0 spiro atoms. The van der Waals surface area contributed by atoms with Crippen LogP contribution in [0.2, 0.25) is 0 Å². The van der Waals surface area contributed by atoms with Crippen LogP contribution in [0.4, 0.5) is 0 Å². The number of carboxylic acid groups (broad SMARTS) is 1. The Morgan fingerprint density at radius 1 is 1.57 bits per heavy atom. The largest absolute Gasteiger partial charge is 0.481 e. The number of hydrogen-bond donors (Lipinski definition) is 3. The second-order valence-electron chi connectivity index (χ2n) is 2.95. The molecule has 0 unspecified atom stereocenters. The summed E-state index contributed by atoms with van der Waals surface area (Å²) in [6.07, 6.45) is 1.36. The van der Waals surface area contributed by atoms with Crippen LogP contribution in [0.3, 0.4) is 0 Å². The molecule has 0 aliphatic rings. The average Bonchev–Trinajstić information content (AvgIpc) is 2.17. The fourth-order valence-corrected chi connectivity index (χ4v) is 1.05. The molecular weight excluding hydrogens is 184 g/mol. The Kier molecular flexibility index (Phi) is 3.55. The van der Waals surface area contributed by atoms with Gasteiger partial charge in [-0.25, -0.2) is 0 Å². The van der Waals surface area contributed by atoms with Crippen LogP contribution < -0.4 is 5.73 Å². The maximum atomic E-state index is 10.4. The fourth-order valence-electron chi connectivity index (χ4n) is 1.05. The third-order valence-corrected chi connectivity index (χ3v) is 1.83. The van der Waals surface area contributed by atoms with E-state index in [1.807, 2.05) is 0 Å². The van der Waals surface area contributed by atoms with Crippen LogP contribution in [-0.2, 0) is 11.4 Å². The molecule has 1 rings (SSSR count). The number of nitrogens with two attached hydrogens (primary N) is 1. The van der Waals surface area contributed by atoms with Gasteiger partial charge in [0, 0.05) is 12.2 Å². The number of aromatic nitrogens is 1. The van der Waals surface area contributed by atoms with Crippen molar-refractivity contribution >= 4 is 5.97 Å². The van der Waals surface area contributed by atoms with Crippen LogP contribution in [0.25, 0.3) is 0 Å². The van der Waals surface area contributed by atoms with E-state index in [9.17, 15) is 4.79 Å². The second-order valence-corrected chi connectivity index (χ2v) is 2.95. The monoisotopic (exact) mass is 196 g/mol. The lowest BCUT2D eigenvalue weighted by Crippen LogP contribution is -2.15. The summed E-state index contributed by atoms with van der Waals surface area (Å²) in [6, 6.07) is 2.75. The first-order valence-electron chi connectivity index (χ1n) is 4.16. The standard InChI is InChI=1S/C9H12N2O3/c10-8(3-9(13)14)6-1-2-7(5-12)11-4-6/h1-2,4,8,12H,3,5,10H2,(H,13,14)/t8-/m0/s1. The predicted octanol–water partition coefficient (Wildman–Crippen LogP) is 0.0484. The first kappa shape index (κ1) is 10.6. The van der Waals surface area contributed by atoms with Crippen molar-refractivity contribution in [2.45, 2.75) is 19.1 Å². The molecule has 0 saturated heterocycles. The van der Waals surface area contributed by atoms with Gasteiger partial charge < -0.3 is 15.9 Å². The van der Waals surface area contributed by atoms with Gasteiger partial charge in [-0.3, -0.25) is 9.78 Å². The highest BCUT2D eigenvalue weighted by Gasteiger charge is 2.10. The summed E-state index contributed by atoms with van der Waals surface area (Å²) in [5, 5.41) is 17.2. The van der Waals surface area contributed by atoms with Crippen molar-refractivity contribution in [1.29, 1.82) is 0 Å². The number of aliphatic hydroxyl groups is 1. The Labute approximate surface area is 81.2 Å². The number of nitrogens with zero attached hydrogens (tertiary/aromatic N) is 1. The Morgan fingerprint density at radius 2 is 2.29 bits per heavy atom. The Morgan fingerprint density at radius 3 is 2.71 bits per heavy atom. The van der Waals surface area contributed by atoms with E-state index < -0.39 is 12.0 Å². The normalized spacial score (nSPS) is 12.4. The SMILES string of the molecule is N[C@@H](CC(=O)O)c1ccc(CO)nc1. The molecule has 0 radical (unpaired) electrons. The highest BCUT2D eigenvalue weighted by Crippen LogP contribution is 2.12. The van der Waals surface area contributed by atoms with Gasteiger partial charge >= 0.3 is 5.97 Å². The molecule has 76 valence electrons. The summed E-state index contributed by atoms with van der Waals surface area (Å²) in [7, 11) is 0. The smallest absolute Gasteiger partial charge is 0.305 e. The van der Waals surface area contributed by atoms with Crippen molar-refractivity contribution in [3.8, 4) is 0 Å². The molecule has 0 fully saturated rings. The lowest BCUT2D eigenvalue weighted by molar-refractivity contribution is -0.137. The number of carbonyl (C=O) groups is 1. The zero-order valence-electron chi connectivity index (χ0n) is 7.55. The number of carboxylic acids is 1. The maximum Gasteiger partial charge on any atom is 0.305 e. The average molecular weight is 196 g/mol. The van der Waals surface area contributed by atoms with Crippen molar-refractivity contribution in [3.63, 3.8) is 0 Å². The summed E-state index contributed by atoms with van der Waals surface area (Å²) >= 11 is 0. The molecule has 4 N–H and O–H groups in total.